The van der Waals surface area contributed by atoms with Gasteiger partial charge in [0.05, 0.1) is 0 Å². The van der Waals surface area contributed by atoms with E-state index < -0.39 is 81.7 Å². The summed E-state index contributed by atoms with van der Waals surface area (Å²) >= 11 is -2.43. The number of ether oxygens (including phenoxy) is 2. The minimum atomic E-state index is -9.29. The van der Waals surface area contributed by atoms with Crippen molar-refractivity contribution in [1.82, 2.24) is 0 Å². The molecule has 0 saturated heterocycles. The fourth-order valence-corrected chi connectivity index (χ4v) is 2.17. The van der Waals surface area contributed by atoms with Gasteiger partial charge in [0.2, 0.25) is 0 Å². The highest BCUT2D eigenvalue weighted by atomic mass is 35.5. The van der Waals surface area contributed by atoms with Gasteiger partial charge in [-0.1, -0.05) is 0 Å². The van der Waals surface area contributed by atoms with Gasteiger partial charge in [-0.15, -0.1) is 0 Å². The first-order chi connectivity index (χ1) is 17.6. The molecule has 0 heterocycles. The molecule has 0 aromatic carbocycles. The second-order valence-corrected chi connectivity index (χ2v) is 8.42. The third-order valence-electron chi connectivity index (χ3n) is 4.09. The summed E-state index contributed by atoms with van der Waals surface area (Å²) in [4.78, 5) is 0. The van der Waals surface area contributed by atoms with Crippen molar-refractivity contribution in [2.75, 3.05) is 0 Å². The molecule has 4 nitrogen and oxygen atoms in total. The Morgan fingerprint density at radius 1 is 0.405 bits per heavy atom. The zero-order chi connectivity index (χ0) is 35.0. The minimum absolute atomic E-state index is 0.916. The normalized spacial score (nSPS) is 17.5. The van der Waals surface area contributed by atoms with Gasteiger partial charge in [-0.05, 0) is 11.6 Å². The molecule has 0 bridgehead atoms. The van der Waals surface area contributed by atoms with Crippen LogP contribution in [-0.4, -0.2) is 79.4 Å². The van der Waals surface area contributed by atoms with Crippen LogP contribution in [0.4, 0.5) is 105 Å². The SMILES string of the molecule is O=S([O-])C(F)(F)C(F)(F)OC(F)(F)C(F)(F)OC(F)(F)C(F)(F)C(F)(F)C(F)(F)C(F)(F)C(F)(F)C(F)(F)C(F)(F)Cl. The molecule has 0 fully saturated rings. The van der Waals surface area contributed by atoms with Gasteiger partial charge in [0, 0.05) is 11.1 Å². The van der Waals surface area contributed by atoms with E-state index in [0.29, 0.717) is 0 Å². The van der Waals surface area contributed by atoms with E-state index in [1.807, 2.05) is 0 Å². The number of hydrogen-bond donors (Lipinski definition) is 0. The highest BCUT2D eigenvalue weighted by Crippen LogP contribution is 2.65. The number of alkyl halides is 25. The fourth-order valence-electron chi connectivity index (χ4n) is 1.81. The van der Waals surface area contributed by atoms with Crippen LogP contribution in [0.5, 0.6) is 0 Å². The van der Waals surface area contributed by atoms with Gasteiger partial charge in [0.25, 0.3) is 0 Å². The van der Waals surface area contributed by atoms with Crippen LogP contribution in [0.25, 0.3) is 0 Å². The second-order valence-electron chi connectivity index (χ2n) is 6.97. The number of rotatable bonds is 14. The lowest BCUT2D eigenvalue weighted by Crippen LogP contribution is -2.75. The minimum Gasteiger partial charge on any atom is -0.768 e. The van der Waals surface area contributed by atoms with Gasteiger partial charge in [0.15, 0.2) is 0 Å². The average molecular weight is 732 g/mol. The largest absolute Gasteiger partial charge is 0.768 e. The van der Waals surface area contributed by atoms with Crippen LogP contribution in [0.1, 0.15) is 0 Å². The first kappa shape index (κ1) is 40.6. The van der Waals surface area contributed by atoms with Gasteiger partial charge >= 0.3 is 70.6 Å². The molecule has 30 heteroatoms. The molecule has 254 valence electrons. The quantitative estimate of drug-likeness (QED) is 0.106. The lowest BCUT2D eigenvalue weighted by atomic mass is 9.91. The van der Waals surface area contributed by atoms with Crippen LogP contribution in [-0.2, 0) is 20.6 Å². The first-order valence-corrected chi connectivity index (χ1v) is 9.78. The van der Waals surface area contributed by atoms with Crippen LogP contribution in [0.15, 0.2) is 0 Å². The molecule has 0 aromatic rings. The lowest BCUT2D eigenvalue weighted by molar-refractivity contribution is -0.549. The summed E-state index contributed by atoms with van der Waals surface area (Å²) in [5, 5.41) is -14.2. The molecule has 0 aliphatic rings. The summed E-state index contributed by atoms with van der Waals surface area (Å²) in [7, 11) is 0. The van der Waals surface area contributed by atoms with Crippen molar-refractivity contribution in [2.45, 2.75) is 70.6 Å². The van der Waals surface area contributed by atoms with Gasteiger partial charge in [-0.3, -0.25) is 4.21 Å². The van der Waals surface area contributed by atoms with Crippen molar-refractivity contribution in [2.24, 2.45) is 0 Å². The Morgan fingerprint density at radius 2 is 0.643 bits per heavy atom. The molecule has 0 N–H and O–H groups in total. The summed E-state index contributed by atoms with van der Waals surface area (Å²) in [6, 6.07) is 0. The zero-order valence-electron chi connectivity index (χ0n) is 17.5. The molecule has 1 unspecified atom stereocenters. The molecule has 0 aliphatic heterocycles. The summed E-state index contributed by atoms with van der Waals surface area (Å²) in [6.45, 7) is 0. The lowest BCUT2D eigenvalue weighted by Gasteiger charge is -2.43. The van der Waals surface area contributed by atoms with E-state index in [4.69, 9.17) is 0 Å². The second kappa shape index (κ2) is 10.3. The third kappa shape index (κ3) is 5.74. The molecule has 0 spiro atoms. The van der Waals surface area contributed by atoms with Crippen LogP contribution in [0.3, 0.4) is 0 Å². The van der Waals surface area contributed by atoms with E-state index in [1.165, 1.54) is 4.74 Å². The third-order valence-corrected chi connectivity index (χ3v) is 4.99. The van der Waals surface area contributed by atoms with E-state index in [1.54, 1.807) is 0 Å². The molecule has 42 heavy (non-hydrogen) atoms. The Labute approximate surface area is 218 Å². The average Bonchev–Trinajstić information content (AvgIpc) is 2.69. The van der Waals surface area contributed by atoms with E-state index in [-0.39, 0.29) is 0 Å². The summed E-state index contributed by atoms with van der Waals surface area (Å²) < 4.78 is 336. The predicted molar refractivity (Wildman–Crippen MR) is 76.3 cm³/mol. The summed E-state index contributed by atoms with van der Waals surface area (Å²) in [6.07, 6.45) is -32.6. The van der Waals surface area contributed by atoms with Crippen LogP contribution in [0, 0.1) is 0 Å². The molecule has 0 saturated carbocycles. The maximum Gasteiger partial charge on any atom is 0.453 e. The standard InChI is InChI=1S/C12HClF24O4S/c13-7(26,27)5(22,23)3(18,19)1(14,15)2(16,17)4(20,21)6(24,25)8(28,29)40-9(30,31)10(32,33)41-11(34,35)12(36,37)42(38)39/h(H,38,39)/p-1. The van der Waals surface area contributed by atoms with Crippen LogP contribution in [0.2, 0.25) is 0 Å². The zero-order valence-corrected chi connectivity index (χ0v) is 19.1. The molecule has 0 radical (unpaired) electrons. The van der Waals surface area contributed by atoms with Gasteiger partial charge in [-0.25, -0.2) is 9.47 Å². The molecular formula is C12ClF24O4S-. The molecule has 0 rings (SSSR count). The molecular weight excluding hydrogens is 732 g/mol. The molecule has 1 atom stereocenters. The van der Waals surface area contributed by atoms with E-state index in [9.17, 15) is 114 Å². The van der Waals surface area contributed by atoms with Gasteiger partial charge < -0.3 is 4.55 Å². The van der Waals surface area contributed by atoms with Crippen molar-refractivity contribution in [1.29, 1.82) is 0 Å². The highest BCUT2D eigenvalue weighted by Gasteiger charge is 2.95. The Morgan fingerprint density at radius 3 is 0.905 bits per heavy atom. The van der Waals surface area contributed by atoms with E-state index in [2.05, 4.69) is 11.6 Å². The maximum absolute atomic E-state index is 13.5. The topological polar surface area (TPSA) is 58.6 Å². The van der Waals surface area contributed by atoms with Gasteiger partial charge in [0.1, 0.15) is 0 Å². The van der Waals surface area contributed by atoms with Crippen LogP contribution < -0.4 is 0 Å². The fraction of sp³-hybridized carbons (Fsp3) is 1.00. The van der Waals surface area contributed by atoms with Gasteiger partial charge in [-0.2, -0.15) is 105 Å². The van der Waals surface area contributed by atoms with Crippen LogP contribution >= 0.6 is 11.6 Å². The monoisotopic (exact) mass is 731 g/mol. The summed E-state index contributed by atoms with van der Waals surface area (Å²) in [5.74, 6) is -53.8. The smallest absolute Gasteiger partial charge is 0.453 e. The Balaban J connectivity index is 6.84. The van der Waals surface area contributed by atoms with Crippen molar-refractivity contribution in [3.63, 3.8) is 0 Å². The van der Waals surface area contributed by atoms with E-state index >= 15 is 0 Å². The molecule has 0 aromatic heterocycles. The van der Waals surface area contributed by atoms with Crippen molar-refractivity contribution >= 4 is 22.7 Å². The predicted octanol–water partition coefficient (Wildman–Crippen LogP) is 7.51. The Bertz CT molecular complexity index is 1020. The summed E-state index contributed by atoms with van der Waals surface area (Å²) in [5.41, 5.74) is 0. The highest BCUT2D eigenvalue weighted by molar-refractivity contribution is 7.80. The van der Waals surface area contributed by atoms with Crippen molar-refractivity contribution in [3.8, 4) is 0 Å². The Hall–Kier alpha value is -1.36. The first-order valence-electron chi connectivity index (χ1n) is 8.33. The molecule has 0 amide bonds. The molecule has 0 aliphatic carbocycles. The Kier molecular flexibility index (Phi) is 10.0. The van der Waals surface area contributed by atoms with Crippen molar-refractivity contribution < 1.29 is 124 Å². The number of halogens is 25. The van der Waals surface area contributed by atoms with Crippen molar-refractivity contribution in [3.05, 3.63) is 0 Å². The maximum atomic E-state index is 13.5. The van der Waals surface area contributed by atoms with E-state index in [0.717, 1.165) is 4.74 Å². The number of hydrogen-bond acceptors (Lipinski definition) is 4.